The summed E-state index contributed by atoms with van der Waals surface area (Å²) >= 11 is 12.1. The van der Waals surface area contributed by atoms with Gasteiger partial charge >= 0.3 is 0 Å². The number of nitrogens with one attached hydrogen (secondary N) is 1. The number of nitrogens with zero attached hydrogens (tertiary/aromatic N) is 1. The Morgan fingerprint density at radius 2 is 1.76 bits per heavy atom. The first-order chi connectivity index (χ1) is 16.4. The van der Waals surface area contributed by atoms with Crippen molar-refractivity contribution < 1.29 is 9.53 Å². The van der Waals surface area contributed by atoms with Crippen molar-refractivity contribution in [2.45, 2.75) is 13.5 Å². The molecule has 4 nitrogen and oxygen atoms in total. The number of hydrogen-bond donors (Lipinski definition) is 1. The molecular weight excluding hydrogens is 467 g/mol. The third kappa shape index (κ3) is 5.40. The lowest BCUT2D eigenvalue weighted by Crippen LogP contribution is -2.13. The first-order valence-corrected chi connectivity index (χ1v) is 11.3. The van der Waals surface area contributed by atoms with Gasteiger partial charge in [0, 0.05) is 11.3 Å². The van der Waals surface area contributed by atoms with Crippen LogP contribution in [-0.4, -0.2) is 5.91 Å². The Morgan fingerprint density at radius 1 is 1.00 bits per heavy atom. The lowest BCUT2D eigenvalue weighted by atomic mass is 10.0. The molecular formula is C28H20Cl2N2O2. The number of amides is 1. The van der Waals surface area contributed by atoms with Crippen LogP contribution in [0.4, 0.5) is 5.69 Å². The standard InChI is InChI=1S/C28H20Cl2N2O2/c1-18-6-10-22(11-7-18)32-28(33)21(16-31)15-24-23-5-3-2-4-20(23)9-13-27(24)34-17-19-8-12-25(29)26(30)14-19/h2-15H,17H2,1H3,(H,32,33)/b21-15+. The van der Waals surface area contributed by atoms with Crippen molar-refractivity contribution in [1.29, 1.82) is 5.26 Å². The molecule has 4 rings (SSSR count). The van der Waals surface area contributed by atoms with Gasteiger partial charge in [-0.1, -0.05) is 77.3 Å². The maximum atomic E-state index is 12.9. The highest BCUT2D eigenvalue weighted by molar-refractivity contribution is 6.42. The quantitative estimate of drug-likeness (QED) is 0.225. The number of fused-ring (bicyclic) bond motifs is 1. The van der Waals surface area contributed by atoms with Crippen molar-refractivity contribution in [2.24, 2.45) is 0 Å². The Bertz CT molecular complexity index is 1440. The van der Waals surface area contributed by atoms with Crippen LogP contribution in [0.3, 0.4) is 0 Å². The van der Waals surface area contributed by atoms with Crippen LogP contribution in [0.25, 0.3) is 16.8 Å². The van der Waals surface area contributed by atoms with E-state index in [4.69, 9.17) is 27.9 Å². The lowest BCUT2D eigenvalue weighted by molar-refractivity contribution is -0.112. The molecule has 0 spiro atoms. The van der Waals surface area contributed by atoms with E-state index < -0.39 is 5.91 Å². The summed E-state index contributed by atoms with van der Waals surface area (Å²) in [5.41, 5.74) is 3.15. The van der Waals surface area contributed by atoms with Gasteiger partial charge in [0.25, 0.3) is 5.91 Å². The predicted molar refractivity (Wildman–Crippen MR) is 138 cm³/mol. The Balaban J connectivity index is 1.69. The summed E-state index contributed by atoms with van der Waals surface area (Å²) < 4.78 is 6.10. The molecule has 0 aliphatic rings. The summed E-state index contributed by atoms with van der Waals surface area (Å²) in [4.78, 5) is 12.9. The molecule has 0 aliphatic carbocycles. The Labute approximate surface area is 208 Å². The highest BCUT2D eigenvalue weighted by Crippen LogP contribution is 2.32. The molecule has 0 aliphatic heterocycles. The number of benzene rings is 4. The van der Waals surface area contributed by atoms with Crippen LogP contribution < -0.4 is 10.1 Å². The predicted octanol–water partition coefficient (Wildman–Crippen LogP) is 7.58. The molecule has 0 saturated carbocycles. The van der Waals surface area contributed by atoms with Gasteiger partial charge in [-0.25, -0.2) is 0 Å². The van der Waals surface area contributed by atoms with Crippen LogP contribution in [0.5, 0.6) is 5.75 Å². The summed E-state index contributed by atoms with van der Waals surface area (Å²) in [5, 5.41) is 15.3. The topological polar surface area (TPSA) is 62.1 Å². The molecule has 4 aromatic rings. The highest BCUT2D eigenvalue weighted by atomic mass is 35.5. The molecule has 0 aromatic heterocycles. The van der Waals surface area contributed by atoms with Gasteiger partial charge in [0.1, 0.15) is 24.0 Å². The van der Waals surface area contributed by atoms with Crippen LogP contribution in [0.1, 0.15) is 16.7 Å². The minimum absolute atomic E-state index is 0.0312. The number of ether oxygens (including phenoxy) is 1. The first-order valence-electron chi connectivity index (χ1n) is 10.5. The molecule has 0 heterocycles. The number of carbonyl (C=O) groups is 1. The molecule has 168 valence electrons. The van der Waals surface area contributed by atoms with E-state index in [2.05, 4.69) is 5.32 Å². The van der Waals surface area contributed by atoms with E-state index in [1.807, 2.05) is 67.6 Å². The van der Waals surface area contributed by atoms with Gasteiger partial charge in [-0.05, 0) is 59.7 Å². The molecule has 0 radical (unpaired) electrons. The zero-order chi connectivity index (χ0) is 24.1. The number of aryl methyl sites for hydroxylation is 1. The Kier molecular flexibility index (Phi) is 7.18. The van der Waals surface area contributed by atoms with E-state index >= 15 is 0 Å². The Morgan fingerprint density at radius 3 is 2.50 bits per heavy atom. The lowest BCUT2D eigenvalue weighted by Gasteiger charge is -2.13. The fourth-order valence-corrected chi connectivity index (χ4v) is 3.79. The van der Waals surface area contributed by atoms with Crippen molar-refractivity contribution in [3.05, 3.63) is 111 Å². The molecule has 0 atom stereocenters. The van der Waals surface area contributed by atoms with E-state index in [1.54, 1.807) is 30.3 Å². The molecule has 0 unspecified atom stereocenters. The first kappa shape index (κ1) is 23.4. The summed E-state index contributed by atoms with van der Waals surface area (Å²) in [7, 11) is 0. The molecule has 0 saturated heterocycles. The SMILES string of the molecule is Cc1ccc(NC(=O)/C(C#N)=C/c2c(OCc3ccc(Cl)c(Cl)c3)ccc3ccccc23)cc1. The molecule has 34 heavy (non-hydrogen) atoms. The smallest absolute Gasteiger partial charge is 0.266 e. The molecule has 4 aromatic carbocycles. The van der Waals surface area contributed by atoms with Crippen molar-refractivity contribution in [2.75, 3.05) is 5.32 Å². The molecule has 0 bridgehead atoms. The number of anilines is 1. The van der Waals surface area contributed by atoms with Gasteiger partial charge in [0.2, 0.25) is 0 Å². The van der Waals surface area contributed by atoms with Crippen LogP contribution in [0.2, 0.25) is 10.0 Å². The summed E-state index contributed by atoms with van der Waals surface area (Å²) in [6.07, 6.45) is 1.57. The van der Waals surface area contributed by atoms with Gasteiger partial charge in [0.05, 0.1) is 10.0 Å². The summed E-state index contributed by atoms with van der Waals surface area (Å²) in [6, 6.07) is 26.2. The molecule has 6 heteroatoms. The van der Waals surface area contributed by atoms with Crippen molar-refractivity contribution in [3.8, 4) is 11.8 Å². The van der Waals surface area contributed by atoms with Gasteiger partial charge < -0.3 is 10.1 Å². The van der Waals surface area contributed by atoms with Gasteiger partial charge in [-0.15, -0.1) is 0 Å². The maximum absolute atomic E-state index is 12.9. The van der Waals surface area contributed by atoms with Crippen LogP contribution in [0, 0.1) is 18.3 Å². The van der Waals surface area contributed by atoms with E-state index in [0.717, 1.165) is 21.9 Å². The average molecular weight is 487 g/mol. The fourth-order valence-electron chi connectivity index (χ4n) is 3.47. The number of hydrogen-bond acceptors (Lipinski definition) is 3. The molecule has 0 fully saturated rings. The van der Waals surface area contributed by atoms with E-state index in [0.29, 0.717) is 27.0 Å². The number of rotatable bonds is 6. The van der Waals surface area contributed by atoms with Crippen LogP contribution >= 0.6 is 23.2 Å². The monoisotopic (exact) mass is 486 g/mol. The number of halogens is 2. The van der Waals surface area contributed by atoms with Gasteiger partial charge in [-0.3, -0.25) is 4.79 Å². The summed E-state index contributed by atoms with van der Waals surface area (Å²) in [6.45, 7) is 2.21. The second-order valence-corrected chi connectivity index (χ2v) is 8.54. The molecule has 1 N–H and O–H groups in total. The highest BCUT2D eigenvalue weighted by Gasteiger charge is 2.14. The van der Waals surface area contributed by atoms with Gasteiger partial charge in [0.15, 0.2) is 0 Å². The average Bonchev–Trinajstić information content (AvgIpc) is 2.85. The second-order valence-electron chi connectivity index (χ2n) is 7.73. The minimum atomic E-state index is -0.491. The van der Waals surface area contributed by atoms with Crippen molar-refractivity contribution in [3.63, 3.8) is 0 Å². The van der Waals surface area contributed by atoms with E-state index in [-0.39, 0.29) is 12.2 Å². The Hall–Kier alpha value is -3.78. The third-order valence-electron chi connectivity index (χ3n) is 5.27. The van der Waals surface area contributed by atoms with Crippen molar-refractivity contribution >= 4 is 51.6 Å². The number of nitriles is 1. The third-order valence-corrected chi connectivity index (χ3v) is 6.01. The maximum Gasteiger partial charge on any atom is 0.266 e. The van der Waals surface area contributed by atoms with Crippen LogP contribution in [-0.2, 0) is 11.4 Å². The zero-order valence-electron chi connectivity index (χ0n) is 18.3. The normalized spacial score (nSPS) is 11.2. The zero-order valence-corrected chi connectivity index (χ0v) is 19.8. The van der Waals surface area contributed by atoms with Crippen molar-refractivity contribution in [1.82, 2.24) is 0 Å². The van der Waals surface area contributed by atoms with Crippen LogP contribution in [0.15, 0.2) is 84.4 Å². The minimum Gasteiger partial charge on any atom is -0.488 e. The second kappa shape index (κ2) is 10.4. The van der Waals surface area contributed by atoms with E-state index in [1.165, 1.54) is 0 Å². The van der Waals surface area contributed by atoms with E-state index in [9.17, 15) is 10.1 Å². The molecule has 1 amide bonds. The van der Waals surface area contributed by atoms with Gasteiger partial charge in [-0.2, -0.15) is 5.26 Å². The largest absolute Gasteiger partial charge is 0.488 e. The summed E-state index contributed by atoms with van der Waals surface area (Å²) in [5.74, 6) is 0.0513. The number of carbonyl (C=O) groups excluding carboxylic acids is 1. The fraction of sp³-hybridized carbons (Fsp3) is 0.0714.